The molecule has 5 aromatic rings. The van der Waals surface area contributed by atoms with Crippen molar-refractivity contribution in [2.45, 2.75) is 44.4 Å². The fourth-order valence-corrected chi connectivity index (χ4v) is 5.68. The molecule has 8 nitrogen and oxygen atoms in total. The highest BCUT2D eigenvalue weighted by atomic mass is 19.1. The van der Waals surface area contributed by atoms with Crippen molar-refractivity contribution in [3.63, 3.8) is 0 Å². The van der Waals surface area contributed by atoms with Gasteiger partial charge in [0.05, 0.1) is 5.56 Å². The third kappa shape index (κ3) is 6.13. The maximum Gasteiger partial charge on any atom is 0.303 e. The van der Waals surface area contributed by atoms with Gasteiger partial charge in [0.25, 0.3) is 0 Å². The van der Waals surface area contributed by atoms with E-state index in [0.29, 0.717) is 42.7 Å². The van der Waals surface area contributed by atoms with Crippen LogP contribution in [0.2, 0.25) is 0 Å². The highest BCUT2D eigenvalue weighted by Gasteiger charge is 2.22. The summed E-state index contributed by atoms with van der Waals surface area (Å²) in [5.41, 5.74) is 3.91. The van der Waals surface area contributed by atoms with Crippen LogP contribution < -0.4 is 10.1 Å². The van der Waals surface area contributed by atoms with Crippen LogP contribution >= 0.6 is 0 Å². The fourth-order valence-electron chi connectivity index (χ4n) is 5.68. The van der Waals surface area contributed by atoms with E-state index in [2.05, 4.69) is 20.3 Å². The minimum atomic E-state index is -0.864. The molecule has 4 bridgehead atoms. The molecule has 1 unspecified atom stereocenters. The predicted octanol–water partition coefficient (Wildman–Crippen LogP) is 6.62. The third-order valence-corrected chi connectivity index (χ3v) is 7.82. The van der Waals surface area contributed by atoms with Crippen molar-refractivity contribution in [3.05, 3.63) is 101 Å². The van der Waals surface area contributed by atoms with E-state index >= 15 is 8.78 Å². The van der Waals surface area contributed by atoms with E-state index in [1.807, 2.05) is 30.3 Å². The van der Waals surface area contributed by atoms with E-state index in [0.717, 1.165) is 22.2 Å². The molecule has 1 aliphatic rings. The Kier molecular flexibility index (Phi) is 7.91. The van der Waals surface area contributed by atoms with Gasteiger partial charge in [-0.15, -0.1) is 0 Å². The molecular formula is C33H30F2N4O4. The number of nitrogens with one attached hydrogen (secondary N) is 3. The molecule has 0 saturated heterocycles. The summed E-state index contributed by atoms with van der Waals surface area (Å²) in [4.78, 5) is 34.7. The van der Waals surface area contributed by atoms with Gasteiger partial charge in [0.2, 0.25) is 5.91 Å². The second-order valence-corrected chi connectivity index (χ2v) is 10.7. The predicted molar refractivity (Wildman–Crippen MR) is 157 cm³/mol. The number of hydrogen-bond acceptors (Lipinski definition) is 4. The summed E-state index contributed by atoms with van der Waals surface area (Å²) in [6.07, 6.45) is 5.46. The Balaban J connectivity index is 1.40. The molecule has 1 aliphatic heterocycles. The van der Waals surface area contributed by atoms with Gasteiger partial charge in [-0.25, -0.2) is 13.8 Å². The van der Waals surface area contributed by atoms with Gasteiger partial charge in [-0.1, -0.05) is 24.3 Å². The summed E-state index contributed by atoms with van der Waals surface area (Å²) in [6, 6.07) is 15.1. The summed E-state index contributed by atoms with van der Waals surface area (Å²) < 4.78 is 36.5. The number of rotatable bonds is 4. The molecule has 4 N–H and O–H groups in total. The number of H-pyrrole nitrogens is 2. The fraction of sp³-hybridized carbons (Fsp3) is 0.242. The largest absolute Gasteiger partial charge is 0.481 e. The maximum atomic E-state index is 15.3. The number of hydrogen-bond donors (Lipinski definition) is 4. The lowest BCUT2D eigenvalue weighted by Gasteiger charge is -2.17. The number of fused-ring (bicyclic) bond motifs is 8. The number of carbonyl (C=O) groups excluding carboxylic acids is 1. The third-order valence-electron chi connectivity index (χ3n) is 7.82. The lowest BCUT2D eigenvalue weighted by molar-refractivity contribution is -0.137. The number of carbonyl (C=O) groups is 2. The molecule has 3 heterocycles. The van der Waals surface area contributed by atoms with Crippen molar-refractivity contribution in [1.82, 2.24) is 20.3 Å². The van der Waals surface area contributed by atoms with Gasteiger partial charge in [0.1, 0.15) is 17.4 Å². The zero-order valence-corrected chi connectivity index (χ0v) is 23.3. The van der Waals surface area contributed by atoms with E-state index in [-0.39, 0.29) is 48.2 Å². The van der Waals surface area contributed by atoms with Crippen LogP contribution in [0.25, 0.3) is 22.3 Å². The SMILES string of the molecule is O=C(O)CCc1cccc(C2CCCNC(=O)CCc3c(c(F)cc4[nH]ccc34)Oc3ccc(F)c(c3)-c3ncc2[nH]3)c1. The summed E-state index contributed by atoms with van der Waals surface area (Å²) in [6.45, 7) is 0.427. The smallest absolute Gasteiger partial charge is 0.303 e. The Morgan fingerprint density at radius 2 is 1.95 bits per heavy atom. The molecule has 1 amide bonds. The molecule has 0 aliphatic carbocycles. The summed E-state index contributed by atoms with van der Waals surface area (Å²) in [5, 5.41) is 12.8. The maximum absolute atomic E-state index is 15.3. The van der Waals surface area contributed by atoms with Gasteiger partial charge in [-0.05, 0) is 61.1 Å². The number of aromatic amines is 2. The van der Waals surface area contributed by atoms with Crippen LogP contribution in [-0.4, -0.2) is 38.5 Å². The first-order valence-corrected chi connectivity index (χ1v) is 14.2. The zero-order chi connectivity index (χ0) is 29.9. The summed E-state index contributed by atoms with van der Waals surface area (Å²) in [7, 11) is 0. The number of ether oxygens (including phenoxy) is 1. The van der Waals surface area contributed by atoms with Gasteiger partial charge < -0.3 is 25.1 Å². The van der Waals surface area contributed by atoms with E-state index in [1.165, 1.54) is 24.3 Å². The number of imidazole rings is 1. The highest BCUT2D eigenvalue weighted by molar-refractivity contribution is 5.86. The number of aliphatic carboxylic acids is 1. The average molecular weight is 585 g/mol. The van der Waals surface area contributed by atoms with E-state index in [4.69, 9.17) is 9.84 Å². The zero-order valence-electron chi connectivity index (χ0n) is 23.3. The molecule has 3 aromatic carbocycles. The Morgan fingerprint density at radius 1 is 1.07 bits per heavy atom. The van der Waals surface area contributed by atoms with Gasteiger partial charge in [-0.3, -0.25) is 9.59 Å². The van der Waals surface area contributed by atoms with Crippen LogP contribution in [0.4, 0.5) is 8.78 Å². The Bertz CT molecular complexity index is 1810. The van der Waals surface area contributed by atoms with Crippen molar-refractivity contribution in [3.8, 4) is 22.9 Å². The average Bonchev–Trinajstić information content (AvgIpc) is 3.66. The van der Waals surface area contributed by atoms with Crippen LogP contribution in [0.3, 0.4) is 0 Å². The number of carboxylic acid groups (broad SMARTS) is 1. The first-order valence-electron chi connectivity index (χ1n) is 14.2. The monoisotopic (exact) mass is 584 g/mol. The van der Waals surface area contributed by atoms with Crippen LogP contribution in [0.5, 0.6) is 11.5 Å². The Hall–Kier alpha value is -4.99. The molecule has 10 heteroatoms. The topological polar surface area (TPSA) is 120 Å². The number of amides is 1. The normalized spacial score (nSPS) is 15.8. The van der Waals surface area contributed by atoms with Crippen molar-refractivity contribution >= 4 is 22.8 Å². The molecule has 0 spiro atoms. The van der Waals surface area contributed by atoms with Crippen LogP contribution in [0.1, 0.15) is 54.0 Å². The first-order chi connectivity index (χ1) is 20.9. The number of aromatic nitrogens is 3. The van der Waals surface area contributed by atoms with E-state index < -0.39 is 17.6 Å². The van der Waals surface area contributed by atoms with Gasteiger partial charge in [-0.2, -0.15) is 0 Å². The van der Waals surface area contributed by atoms with Crippen molar-refractivity contribution < 1.29 is 28.2 Å². The summed E-state index contributed by atoms with van der Waals surface area (Å²) in [5.74, 6) is -1.80. The molecule has 0 fully saturated rings. The highest BCUT2D eigenvalue weighted by Crippen LogP contribution is 2.37. The van der Waals surface area contributed by atoms with Crippen molar-refractivity contribution in [2.75, 3.05) is 6.54 Å². The molecule has 220 valence electrons. The first kappa shape index (κ1) is 28.1. The Morgan fingerprint density at radius 3 is 2.81 bits per heavy atom. The van der Waals surface area contributed by atoms with Crippen LogP contribution in [-0.2, 0) is 22.4 Å². The minimum Gasteiger partial charge on any atom is -0.481 e. The molecule has 2 aromatic heterocycles. The second kappa shape index (κ2) is 12.1. The van der Waals surface area contributed by atoms with Gasteiger partial charge in [0, 0.05) is 65.9 Å². The molecule has 43 heavy (non-hydrogen) atoms. The molecule has 1 atom stereocenters. The van der Waals surface area contributed by atoms with Gasteiger partial charge >= 0.3 is 5.97 Å². The summed E-state index contributed by atoms with van der Waals surface area (Å²) >= 11 is 0. The molecule has 0 saturated carbocycles. The molecular weight excluding hydrogens is 554 g/mol. The molecule has 6 rings (SSSR count). The number of benzene rings is 3. The number of halogens is 2. The van der Waals surface area contributed by atoms with Crippen LogP contribution in [0, 0.1) is 11.6 Å². The van der Waals surface area contributed by atoms with Crippen molar-refractivity contribution in [1.29, 1.82) is 0 Å². The van der Waals surface area contributed by atoms with Gasteiger partial charge in [0.15, 0.2) is 11.6 Å². The number of aryl methyl sites for hydroxylation is 2. The lowest BCUT2D eigenvalue weighted by Crippen LogP contribution is -2.25. The number of carboxylic acids is 1. The number of nitrogens with zero attached hydrogens (tertiary/aromatic N) is 1. The molecule has 0 radical (unpaired) electrons. The van der Waals surface area contributed by atoms with E-state index in [1.54, 1.807) is 12.4 Å². The lowest BCUT2D eigenvalue weighted by atomic mass is 9.90. The standard InChI is InChI=1S/C33H30F2N4O4/c34-26-9-7-21-16-25(26)33-38-18-29(39-33)22(20-4-1-3-19(15-20)6-11-31(41)42)5-2-13-37-30(40)10-8-24-23-12-14-36-28(23)17-27(35)32(24)43-21/h1,3-4,7,9,12,14-18,22,36H,2,5-6,8,10-11,13H2,(H,37,40)(H,38,39)(H,41,42). The quantitative estimate of drug-likeness (QED) is 0.189. The second-order valence-electron chi connectivity index (χ2n) is 10.7. The van der Waals surface area contributed by atoms with E-state index in [9.17, 15) is 9.59 Å². The Labute approximate surface area is 246 Å². The van der Waals surface area contributed by atoms with Crippen molar-refractivity contribution in [2.24, 2.45) is 0 Å². The minimum absolute atomic E-state index is 0.00949. The van der Waals surface area contributed by atoms with Crippen LogP contribution in [0.15, 0.2) is 67.0 Å².